The molecule has 0 aliphatic carbocycles. The SMILES string of the molecule is C=C.CCc1c(C)cccc1F. The highest BCUT2D eigenvalue weighted by Crippen LogP contribution is 2.12. The molecule has 0 amide bonds. The fourth-order valence-electron chi connectivity index (χ4n) is 1.11. The Labute approximate surface area is 73.7 Å². The minimum atomic E-state index is -0.0810. The van der Waals surface area contributed by atoms with Crippen molar-refractivity contribution < 1.29 is 4.39 Å². The molecule has 0 aliphatic rings. The van der Waals surface area contributed by atoms with E-state index < -0.39 is 0 Å². The van der Waals surface area contributed by atoms with Crippen molar-refractivity contribution in [1.82, 2.24) is 0 Å². The molecule has 0 atom stereocenters. The van der Waals surface area contributed by atoms with Crippen LogP contribution < -0.4 is 0 Å². The smallest absolute Gasteiger partial charge is 0.126 e. The number of benzene rings is 1. The molecule has 1 aromatic carbocycles. The molecule has 0 bridgehead atoms. The zero-order chi connectivity index (χ0) is 9.56. The first-order valence-electron chi connectivity index (χ1n) is 3.99. The second-order valence-electron chi connectivity index (χ2n) is 2.39. The number of halogens is 1. The summed E-state index contributed by atoms with van der Waals surface area (Å²) in [6.45, 7) is 9.90. The van der Waals surface area contributed by atoms with E-state index in [9.17, 15) is 4.39 Å². The largest absolute Gasteiger partial charge is 0.207 e. The van der Waals surface area contributed by atoms with E-state index in [1.54, 1.807) is 6.07 Å². The molecular formula is C11H15F. The highest BCUT2D eigenvalue weighted by atomic mass is 19.1. The van der Waals surface area contributed by atoms with Crippen LogP contribution in [0.1, 0.15) is 18.1 Å². The van der Waals surface area contributed by atoms with Crippen LogP contribution in [0.15, 0.2) is 31.4 Å². The molecule has 0 aromatic heterocycles. The molecule has 0 heterocycles. The van der Waals surface area contributed by atoms with Crippen LogP contribution in [0.3, 0.4) is 0 Å². The van der Waals surface area contributed by atoms with E-state index in [0.29, 0.717) is 0 Å². The first kappa shape index (κ1) is 10.9. The molecule has 66 valence electrons. The summed E-state index contributed by atoms with van der Waals surface area (Å²) in [5, 5.41) is 0. The molecule has 0 N–H and O–H groups in total. The van der Waals surface area contributed by atoms with Gasteiger partial charge in [0.05, 0.1) is 0 Å². The van der Waals surface area contributed by atoms with Gasteiger partial charge in [-0.2, -0.15) is 0 Å². The van der Waals surface area contributed by atoms with Gasteiger partial charge in [-0.15, -0.1) is 13.2 Å². The summed E-state index contributed by atoms with van der Waals surface area (Å²) in [6, 6.07) is 5.18. The molecular weight excluding hydrogens is 151 g/mol. The van der Waals surface area contributed by atoms with E-state index in [1.807, 2.05) is 19.9 Å². The molecule has 1 aromatic rings. The van der Waals surface area contributed by atoms with Gasteiger partial charge in [-0.25, -0.2) is 4.39 Å². The fraction of sp³-hybridized carbons (Fsp3) is 0.273. The van der Waals surface area contributed by atoms with E-state index in [0.717, 1.165) is 17.5 Å². The van der Waals surface area contributed by atoms with Gasteiger partial charge in [-0.3, -0.25) is 0 Å². The molecule has 1 rings (SSSR count). The van der Waals surface area contributed by atoms with Crippen molar-refractivity contribution in [3.63, 3.8) is 0 Å². The van der Waals surface area contributed by atoms with E-state index in [4.69, 9.17) is 0 Å². The predicted molar refractivity (Wildman–Crippen MR) is 51.8 cm³/mol. The number of aryl methyl sites for hydroxylation is 1. The Balaban J connectivity index is 0.000000561. The Morgan fingerprint density at radius 3 is 2.25 bits per heavy atom. The van der Waals surface area contributed by atoms with Gasteiger partial charge >= 0.3 is 0 Å². The van der Waals surface area contributed by atoms with Gasteiger partial charge in [0, 0.05) is 0 Å². The molecule has 0 spiro atoms. The minimum Gasteiger partial charge on any atom is -0.207 e. The Bertz CT molecular complexity index is 221. The summed E-state index contributed by atoms with van der Waals surface area (Å²) in [4.78, 5) is 0. The van der Waals surface area contributed by atoms with Crippen LogP contribution in [-0.4, -0.2) is 0 Å². The van der Waals surface area contributed by atoms with Crippen molar-refractivity contribution in [2.75, 3.05) is 0 Å². The lowest BCUT2D eigenvalue weighted by atomic mass is 10.1. The van der Waals surface area contributed by atoms with Gasteiger partial charge < -0.3 is 0 Å². The van der Waals surface area contributed by atoms with E-state index in [1.165, 1.54) is 6.07 Å². The maximum absolute atomic E-state index is 12.9. The Morgan fingerprint density at radius 1 is 1.33 bits per heavy atom. The van der Waals surface area contributed by atoms with Crippen molar-refractivity contribution in [2.24, 2.45) is 0 Å². The van der Waals surface area contributed by atoms with Crippen LogP contribution in [0.4, 0.5) is 4.39 Å². The zero-order valence-corrected chi connectivity index (χ0v) is 7.73. The maximum atomic E-state index is 12.9. The average molecular weight is 166 g/mol. The van der Waals surface area contributed by atoms with E-state index in [2.05, 4.69) is 13.2 Å². The first-order chi connectivity index (χ1) is 5.75. The monoisotopic (exact) mass is 166 g/mol. The molecule has 0 saturated carbocycles. The standard InChI is InChI=1S/C9H11F.C2H4/c1-3-8-7(2)5-4-6-9(8)10;1-2/h4-6H,3H2,1-2H3;1-2H2. The van der Waals surface area contributed by atoms with Gasteiger partial charge in [-0.05, 0) is 30.5 Å². The topological polar surface area (TPSA) is 0 Å². The van der Waals surface area contributed by atoms with Crippen LogP contribution in [0.25, 0.3) is 0 Å². The number of hydrogen-bond acceptors (Lipinski definition) is 0. The molecule has 0 saturated heterocycles. The first-order valence-corrected chi connectivity index (χ1v) is 3.99. The van der Waals surface area contributed by atoms with Gasteiger partial charge in [0.15, 0.2) is 0 Å². The Hall–Kier alpha value is -1.11. The number of rotatable bonds is 1. The molecule has 0 nitrogen and oxygen atoms in total. The van der Waals surface area contributed by atoms with E-state index in [-0.39, 0.29) is 5.82 Å². The summed E-state index contributed by atoms with van der Waals surface area (Å²) in [6.07, 6.45) is 0.776. The average Bonchev–Trinajstić information content (AvgIpc) is 2.08. The highest BCUT2D eigenvalue weighted by molar-refractivity contribution is 5.26. The van der Waals surface area contributed by atoms with Crippen LogP contribution >= 0.6 is 0 Å². The third-order valence-electron chi connectivity index (χ3n) is 1.71. The molecule has 0 radical (unpaired) electrons. The molecule has 0 fully saturated rings. The van der Waals surface area contributed by atoms with Crippen molar-refractivity contribution in [1.29, 1.82) is 0 Å². The Kier molecular flexibility index (Phi) is 5.02. The summed E-state index contributed by atoms with van der Waals surface area (Å²) in [5.74, 6) is -0.0810. The Morgan fingerprint density at radius 2 is 1.92 bits per heavy atom. The fourth-order valence-corrected chi connectivity index (χ4v) is 1.11. The zero-order valence-electron chi connectivity index (χ0n) is 7.73. The molecule has 0 aliphatic heterocycles. The van der Waals surface area contributed by atoms with Crippen molar-refractivity contribution in [3.8, 4) is 0 Å². The molecule has 12 heavy (non-hydrogen) atoms. The predicted octanol–water partition coefficient (Wildman–Crippen LogP) is 3.50. The normalized spacial score (nSPS) is 8.58. The maximum Gasteiger partial charge on any atom is 0.126 e. The second kappa shape index (κ2) is 5.53. The third kappa shape index (κ3) is 2.50. The lowest BCUT2D eigenvalue weighted by Crippen LogP contribution is -1.90. The summed E-state index contributed by atoms with van der Waals surface area (Å²) >= 11 is 0. The third-order valence-corrected chi connectivity index (χ3v) is 1.71. The lowest BCUT2D eigenvalue weighted by molar-refractivity contribution is 0.610. The molecule has 0 unspecified atom stereocenters. The lowest BCUT2D eigenvalue weighted by Gasteiger charge is -2.01. The molecule has 1 heteroatoms. The van der Waals surface area contributed by atoms with Crippen molar-refractivity contribution in [3.05, 3.63) is 48.3 Å². The summed E-state index contributed by atoms with van der Waals surface area (Å²) < 4.78 is 12.9. The van der Waals surface area contributed by atoms with Gasteiger partial charge in [0.1, 0.15) is 5.82 Å². The van der Waals surface area contributed by atoms with Gasteiger partial charge in [-0.1, -0.05) is 19.1 Å². The van der Waals surface area contributed by atoms with Crippen molar-refractivity contribution in [2.45, 2.75) is 20.3 Å². The highest BCUT2D eigenvalue weighted by Gasteiger charge is 2.00. The van der Waals surface area contributed by atoms with Crippen LogP contribution in [-0.2, 0) is 6.42 Å². The quantitative estimate of drug-likeness (QED) is 0.560. The minimum absolute atomic E-state index is 0.0810. The van der Waals surface area contributed by atoms with Crippen LogP contribution in [0, 0.1) is 12.7 Å². The summed E-state index contributed by atoms with van der Waals surface area (Å²) in [5.41, 5.74) is 1.88. The second-order valence-corrected chi connectivity index (χ2v) is 2.39. The van der Waals surface area contributed by atoms with Crippen LogP contribution in [0.5, 0.6) is 0 Å². The van der Waals surface area contributed by atoms with E-state index >= 15 is 0 Å². The van der Waals surface area contributed by atoms with Gasteiger partial charge in [0.2, 0.25) is 0 Å². The number of hydrogen-bond donors (Lipinski definition) is 0. The van der Waals surface area contributed by atoms with Crippen LogP contribution in [0.2, 0.25) is 0 Å². The van der Waals surface area contributed by atoms with Gasteiger partial charge in [0.25, 0.3) is 0 Å². The van der Waals surface area contributed by atoms with Crippen molar-refractivity contribution >= 4 is 0 Å². The summed E-state index contributed by atoms with van der Waals surface area (Å²) in [7, 11) is 0.